The van der Waals surface area contributed by atoms with Crippen LogP contribution in [0.25, 0.3) is 0 Å². The van der Waals surface area contributed by atoms with Gasteiger partial charge in [-0.3, -0.25) is 9.69 Å². The van der Waals surface area contributed by atoms with Crippen molar-refractivity contribution in [3.63, 3.8) is 0 Å². The Labute approximate surface area is 174 Å². The van der Waals surface area contributed by atoms with E-state index in [2.05, 4.69) is 5.32 Å². The van der Waals surface area contributed by atoms with Gasteiger partial charge in [0.1, 0.15) is 0 Å². The average Bonchev–Trinajstić information content (AvgIpc) is 3.55. The molecule has 0 aromatic heterocycles. The van der Waals surface area contributed by atoms with Crippen LogP contribution in [0.3, 0.4) is 0 Å². The molecule has 0 unspecified atom stereocenters. The molecule has 29 heavy (non-hydrogen) atoms. The van der Waals surface area contributed by atoms with Crippen LogP contribution in [0.4, 0.5) is 16.2 Å². The van der Waals surface area contributed by atoms with Crippen LogP contribution in [0.2, 0.25) is 5.02 Å². The van der Waals surface area contributed by atoms with Gasteiger partial charge in [-0.15, -0.1) is 0 Å². The number of likely N-dealkylation sites (tertiary alicyclic amines) is 1. The molecule has 2 N–H and O–H groups in total. The highest BCUT2D eigenvalue weighted by atomic mass is 35.5. The third-order valence-electron chi connectivity index (χ3n) is 6.21. The van der Waals surface area contributed by atoms with Gasteiger partial charge >= 0.3 is 6.03 Å². The summed E-state index contributed by atoms with van der Waals surface area (Å²) in [4.78, 5) is 29.4. The molecule has 2 fully saturated rings. The lowest BCUT2D eigenvalue weighted by Gasteiger charge is -2.59. The van der Waals surface area contributed by atoms with E-state index in [1.165, 1.54) is 0 Å². The number of carbonyl (C=O) groups is 2. The number of aliphatic hydroxyl groups is 1. The van der Waals surface area contributed by atoms with Crippen LogP contribution in [-0.4, -0.2) is 47.2 Å². The van der Waals surface area contributed by atoms with Gasteiger partial charge in [0.2, 0.25) is 5.91 Å². The zero-order valence-electron chi connectivity index (χ0n) is 15.8. The Morgan fingerprint density at radius 2 is 1.83 bits per heavy atom. The summed E-state index contributed by atoms with van der Waals surface area (Å²) in [6.07, 6.45) is 1.84. The first-order valence-electron chi connectivity index (χ1n) is 9.94. The number of halogens is 1. The lowest BCUT2D eigenvalue weighted by molar-refractivity contribution is -0.151. The van der Waals surface area contributed by atoms with Crippen LogP contribution < -0.4 is 10.2 Å². The lowest BCUT2D eigenvalue weighted by Crippen LogP contribution is -2.71. The Hall–Kier alpha value is -2.57. The molecule has 3 aliphatic rings. The molecule has 3 atom stereocenters. The lowest BCUT2D eigenvalue weighted by atomic mass is 9.71. The standard InChI is InChI=1S/C22H22ClN3O3/c23-14-7-9-15(10-8-14)24-22(29)25-11-18-20(16-3-1-2-4-17(16)25)19(12-27)26(18)21(28)13-5-6-13/h1-4,7-10,13,18-20,27H,5-6,11-12H2,(H,24,29)/t18-,19+,20+/m0/s1. The molecule has 6 nitrogen and oxygen atoms in total. The Morgan fingerprint density at radius 3 is 2.52 bits per heavy atom. The summed E-state index contributed by atoms with van der Waals surface area (Å²) in [7, 11) is 0. The molecule has 2 heterocycles. The fourth-order valence-corrected chi connectivity index (χ4v) is 4.78. The number of hydrogen-bond donors (Lipinski definition) is 2. The molecule has 1 aliphatic carbocycles. The number of fused-ring (bicyclic) bond motifs is 3. The summed E-state index contributed by atoms with van der Waals surface area (Å²) in [5, 5.41) is 13.5. The Kier molecular flexibility index (Phi) is 4.48. The Bertz CT molecular complexity index is 960. The third kappa shape index (κ3) is 3.07. The maximum absolute atomic E-state index is 13.1. The van der Waals surface area contributed by atoms with Crippen LogP contribution >= 0.6 is 11.6 Å². The van der Waals surface area contributed by atoms with E-state index in [9.17, 15) is 14.7 Å². The minimum Gasteiger partial charge on any atom is -0.394 e. The number of benzene rings is 2. The molecule has 1 saturated heterocycles. The third-order valence-corrected chi connectivity index (χ3v) is 6.46. The number of nitrogens with zero attached hydrogens (tertiary/aromatic N) is 2. The van der Waals surface area contributed by atoms with Crippen molar-refractivity contribution >= 4 is 34.9 Å². The first kappa shape index (κ1) is 18.5. The van der Waals surface area contributed by atoms with Gasteiger partial charge in [0.05, 0.1) is 18.7 Å². The Balaban J connectivity index is 1.45. The van der Waals surface area contributed by atoms with Gasteiger partial charge in [-0.2, -0.15) is 0 Å². The van der Waals surface area contributed by atoms with Crippen molar-refractivity contribution in [1.82, 2.24) is 4.90 Å². The fraction of sp³-hybridized carbons (Fsp3) is 0.364. The molecule has 2 aromatic rings. The number of carbonyl (C=O) groups excluding carboxylic acids is 2. The average molecular weight is 412 g/mol. The molecule has 3 amide bonds. The van der Waals surface area contributed by atoms with Crippen molar-refractivity contribution in [2.24, 2.45) is 5.92 Å². The van der Waals surface area contributed by atoms with Gasteiger partial charge in [0.15, 0.2) is 0 Å². The zero-order chi connectivity index (χ0) is 20.1. The van der Waals surface area contributed by atoms with Crippen LogP contribution in [0, 0.1) is 5.92 Å². The molecule has 5 rings (SSSR count). The highest BCUT2D eigenvalue weighted by Gasteiger charge is 2.56. The van der Waals surface area contributed by atoms with E-state index in [0.717, 1.165) is 24.1 Å². The number of anilines is 2. The van der Waals surface area contributed by atoms with E-state index in [1.807, 2.05) is 29.2 Å². The monoisotopic (exact) mass is 411 g/mol. The molecule has 0 bridgehead atoms. The largest absolute Gasteiger partial charge is 0.394 e. The number of para-hydroxylation sites is 1. The molecular weight excluding hydrogens is 390 g/mol. The van der Waals surface area contributed by atoms with Gasteiger partial charge in [-0.25, -0.2) is 4.79 Å². The highest BCUT2D eigenvalue weighted by Crippen LogP contribution is 2.50. The Morgan fingerprint density at radius 1 is 1.10 bits per heavy atom. The topological polar surface area (TPSA) is 72.9 Å². The van der Waals surface area contributed by atoms with E-state index in [0.29, 0.717) is 17.3 Å². The summed E-state index contributed by atoms with van der Waals surface area (Å²) < 4.78 is 0. The van der Waals surface area contributed by atoms with Crippen molar-refractivity contribution in [3.05, 3.63) is 59.1 Å². The second-order valence-electron chi connectivity index (χ2n) is 7.97. The van der Waals surface area contributed by atoms with Crippen molar-refractivity contribution < 1.29 is 14.7 Å². The second-order valence-corrected chi connectivity index (χ2v) is 8.41. The van der Waals surface area contributed by atoms with Crippen LogP contribution in [0.5, 0.6) is 0 Å². The summed E-state index contributed by atoms with van der Waals surface area (Å²) in [6.45, 7) is 0.348. The minimum absolute atomic E-state index is 0.0541. The molecule has 1 saturated carbocycles. The maximum Gasteiger partial charge on any atom is 0.326 e. The first-order chi connectivity index (χ1) is 14.1. The van der Waals surface area contributed by atoms with Gasteiger partial charge in [0, 0.05) is 34.8 Å². The van der Waals surface area contributed by atoms with Gasteiger partial charge < -0.3 is 15.3 Å². The van der Waals surface area contributed by atoms with Crippen molar-refractivity contribution in [1.29, 1.82) is 0 Å². The SMILES string of the molecule is O=C(Nc1ccc(Cl)cc1)N1C[C@H]2[C@@H](c3ccccc31)[C@@H](CO)N2C(=O)C1CC1. The van der Waals surface area contributed by atoms with E-state index < -0.39 is 0 Å². The van der Waals surface area contributed by atoms with Crippen LogP contribution in [-0.2, 0) is 4.79 Å². The van der Waals surface area contributed by atoms with Gasteiger partial charge in [-0.05, 0) is 48.7 Å². The molecule has 0 spiro atoms. The van der Waals surface area contributed by atoms with E-state index >= 15 is 0 Å². The number of rotatable bonds is 3. The van der Waals surface area contributed by atoms with Crippen molar-refractivity contribution in [3.8, 4) is 0 Å². The van der Waals surface area contributed by atoms with Crippen molar-refractivity contribution in [2.45, 2.75) is 30.8 Å². The summed E-state index contributed by atoms with van der Waals surface area (Å²) in [5.74, 6) is 0.250. The molecule has 7 heteroatoms. The summed E-state index contributed by atoms with van der Waals surface area (Å²) >= 11 is 5.93. The predicted molar refractivity (Wildman–Crippen MR) is 111 cm³/mol. The van der Waals surface area contributed by atoms with Gasteiger partial charge in [0.25, 0.3) is 0 Å². The summed E-state index contributed by atoms with van der Waals surface area (Å²) in [6, 6.07) is 14.2. The highest BCUT2D eigenvalue weighted by molar-refractivity contribution is 6.30. The molecule has 0 radical (unpaired) electrons. The molecule has 2 aliphatic heterocycles. The maximum atomic E-state index is 13.1. The zero-order valence-corrected chi connectivity index (χ0v) is 16.5. The molecular formula is C22H22ClN3O3. The van der Waals surface area contributed by atoms with Gasteiger partial charge in [-0.1, -0.05) is 29.8 Å². The van der Waals surface area contributed by atoms with Crippen LogP contribution in [0.15, 0.2) is 48.5 Å². The first-order valence-corrected chi connectivity index (χ1v) is 10.3. The van der Waals surface area contributed by atoms with E-state index in [-0.39, 0.29) is 42.5 Å². The quantitative estimate of drug-likeness (QED) is 0.812. The summed E-state index contributed by atoms with van der Waals surface area (Å²) in [5.41, 5.74) is 2.50. The number of aliphatic hydroxyl groups excluding tert-OH is 1. The number of urea groups is 1. The predicted octanol–water partition coefficient (Wildman–Crippen LogP) is 3.46. The fourth-order valence-electron chi connectivity index (χ4n) is 4.65. The number of nitrogens with one attached hydrogen (secondary N) is 1. The molecule has 150 valence electrons. The number of hydrogen-bond acceptors (Lipinski definition) is 3. The smallest absolute Gasteiger partial charge is 0.326 e. The second kappa shape index (κ2) is 7.04. The van der Waals surface area contributed by atoms with Crippen LogP contribution in [0.1, 0.15) is 24.3 Å². The van der Waals surface area contributed by atoms with Crippen molar-refractivity contribution in [2.75, 3.05) is 23.4 Å². The normalized spacial score (nSPS) is 25.0. The number of amides is 3. The minimum atomic E-state index is -0.246. The molecule has 2 aromatic carbocycles. The van der Waals surface area contributed by atoms with E-state index in [4.69, 9.17) is 11.6 Å². The van der Waals surface area contributed by atoms with E-state index in [1.54, 1.807) is 29.2 Å².